The highest BCUT2D eigenvalue weighted by Gasteiger charge is 2.41. The Balaban J connectivity index is 1.12. The molecule has 0 bridgehead atoms. The fraction of sp³-hybridized carbons (Fsp3) is 0.111. The van der Waals surface area contributed by atoms with Crippen LogP contribution in [0.2, 0.25) is 0 Å². The molecule has 7 heteroatoms. The molecule has 52 heavy (non-hydrogen) atoms. The Morgan fingerprint density at radius 1 is 0.596 bits per heavy atom. The lowest BCUT2D eigenvalue weighted by Crippen LogP contribution is -2.39. The number of tetrazole rings is 1. The monoisotopic (exact) mass is 679 g/mol. The molecular formula is C45H37N5O2. The van der Waals surface area contributed by atoms with Gasteiger partial charge in [-0.1, -0.05) is 152 Å². The summed E-state index contributed by atoms with van der Waals surface area (Å²) in [6.07, 6.45) is 0. The molecule has 0 fully saturated rings. The van der Waals surface area contributed by atoms with E-state index in [9.17, 15) is 0 Å². The zero-order valence-electron chi connectivity index (χ0n) is 28.8. The predicted octanol–water partition coefficient (Wildman–Crippen LogP) is 9.51. The molecule has 0 aliphatic heterocycles. The first-order valence-electron chi connectivity index (χ1n) is 17.5. The van der Waals surface area contributed by atoms with Gasteiger partial charge in [0.2, 0.25) is 5.82 Å². The van der Waals surface area contributed by atoms with Gasteiger partial charge in [0.05, 0.1) is 17.8 Å². The third-order valence-corrected chi connectivity index (χ3v) is 9.30. The van der Waals surface area contributed by atoms with Crippen LogP contribution in [0.3, 0.4) is 0 Å². The van der Waals surface area contributed by atoms with E-state index < -0.39 is 5.54 Å². The van der Waals surface area contributed by atoms with Gasteiger partial charge in [-0.25, -0.2) is 0 Å². The molecule has 0 amide bonds. The molecule has 7 nitrogen and oxygen atoms in total. The Morgan fingerprint density at radius 3 is 1.81 bits per heavy atom. The van der Waals surface area contributed by atoms with Crippen molar-refractivity contribution in [2.75, 3.05) is 6.61 Å². The van der Waals surface area contributed by atoms with Gasteiger partial charge in [0.1, 0.15) is 12.4 Å². The topological polar surface area (TPSA) is 75.0 Å². The zero-order chi connectivity index (χ0) is 35.2. The van der Waals surface area contributed by atoms with E-state index >= 15 is 0 Å². The number of rotatable bonds is 12. The van der Waals surface area contributed by atoms with Crippen LogP contribution in [0.5, 0.6) is 5.75 Å². The molecule has 0 spiro atoms. The number of hydrogen-bond acceptors (Lipinski definition) is 6. The van der Waals surface area contributed by atoms with Gasteiger partial charge in [-0.05, 0) is 57.7 Å². The van der Waals surface area contributed by atoms with Crippen LogP contribution in [-0.4, -0.2) is 31.8 Å². The maximum atomic E-state index is 6.38. The van der Waals surface area contributed by atoms with Crippen molar-refractivity contribution in [3.63, 3.8) is 0 Å². The highest BCUT2D eigenvalue weighted by molar-refractivity contribution is 5.85. The lowest BCUT2D eigenvalue weighted by atomic mass is 9.77. The number of nitrogens with zero attached hydrogens (tertiary/aromatic N) is 5. The number of fused-ring (bicyclic) bond motifs is 1. The lowest BCUT2D eigenvalue weighted by Gasteiger charge is -2.34. The van der Waals surface area contributed by atoms with E-state index in [0.717, 1.165) is 61.3 Å². The van der Waals surface area contributed by atoms with Crippen LogP contribution in [0.1, 0.15) is 34.9 Å². The highest BCUT2D eigenvalue weighted by Crippen LogP contribution is 2.40. The molecule has 0 aliphatic rings. The SMILES string of the molecule is CCOCc1cc(OCc2ccc(-c3ccccc3-c3nnn(C(c4ccccc4)(c4ccccc4)c4ccccc4)n3)cc2)c2ccccc2n1. The van der Waals surface area contributed by atoms with E-state index in [1.807, 2.05) is 67.6 Å². The molecule has 0 atom stereocenters. The summed E-state index contributed by atoms with van der Waals surface area (Å²) < 4.78 is 12.0. The molecule has 254 valence electrons. The number of pyridine rings is 1. The van der Waals surface area contributed by atoms with Crippen LogP contribution in [0.15, 0.2) is 170 Å². The van der Waals surface area contributed by atoms with Gasteiger partial charge in [-0.2, -0.15) is 0 Å². The quantitative estimate of drug-likeness (QED) is 0.120. The second-order valence-corrected chi connectivity index (χ2v) is 12.5. The summed E-state index contributed by atoms with van der Waals surface area (Å²) in [5.74, 6) is 1.34. The molecule has 6 aromatic carbocycles. The fourth-order valence-electron chi connectivity index (χ4n) is 6.82. The van der Waals surface area contributed by atoms with Crippen molar-refractivity contribution in [3.05, 3.63) is 198 Å². The second kappa shape index (κ2) is 14.8. The van der Waals surface area contributed by atoms with Crippen LogP contribution < -0.4 is 4.74 Å². The molecule has 2 heterocycles. The third-order valence-electron chi connectivity index (χ3n) is 9.30. The number of hydrogen-bond donors (Lipinski definition) is 0. The third kappa shape index (κ3) is 6.34. The first-order valence-corrected chi connectivity index (χ1v) is 17.5. The van der Waals surface area contributed by atoms with E-state index in [4.69, 9.17) is 29.9 Å². The van der Waals surface area contributed by atoms with E-state index in [1.165, 1.54) is 0 Å². The van der Waals surface area contributed by atoms with Crippen molar-refractivity contribution in [1.82, 2.24) is 25.2 Å². The molecule has 0 N–H and O–H groups in total. The van der Waals surface area contributed by atoms with Crippen LogP contribution in [0, 0.1) is 0 Å². The van der Waals surface area contributed by atoms with Gasteiger partial charge in [0, 0.05) is 23.6 Å². The van der Waals surface area contributed by atoms with Crippen molar-refractivity contribution in [3.8, 4) is 28.3 Å². The minimum atomic E-state index is -0.852. The van der Waals surface area contributed by atoms with Gasteiger partial charge in [0.15, 0.2) is 5.54 Å². The molecule has 0 saturated heterocycles. The Labute approximate surface area is 303 Å². The van der Waals surface area contributed by atoms with E-state index in [-0.39, 0.29) is 0 Å². The van der Waals surface area contributed by atoms with E-state index in [2.05, 4.69) is 109 Å². The summed E-state index contributed by atoms with van der Waals surface area (Å²) in [6.45, 7) is 3.47. The molecule has 0 radical (unpaired) electrons. The smallest absolute Gasteiger partial charge is 0.205 e. The molecule has 8 rings (SSSR count). The Hall–Kier alpha value is -6.44. The predicted molar refractivity (Wildman–Crippen MR) is 205 cm³/mol. The number of ether oxygens (including phenoxy) is 2. The highest BCUT2D eigenvalue weighted by atomic mass is 16.5. The van der Waals surface area contributed by atoms with Crippen LogP contribution in [-0.2, 0) is 23.5 Å². The average Bonchev–Trinajstić information content (AvgIpc) is 3.71. The van der Waals surface area contributed by atoms with Gasteiger partial charge in [-0.3, -0.25) is 4.98 Å². The molecular weight excluding hydrogens is 643 g/mol. The second-order valence-electron chi connectivity index (χ2n) is 12.5. The summed E-state index contributed by atoms with van der Waals surface area (Å²) in [7, 11) is 0. The first kappa shape index (κ1) is 32.7. The standard InChI is InChI=1S/C45H37N5O2/c1-2-51-32-38-30-43(41-24-14-15-25-42(41)46-38)52-31-33-26-28-34(29-27-33)39-22-12-13-23-40(39)44-47-49-50(48-44)45(35-16-6-3-7-17-35,36-18-8-4-9-19-36)37-20-10-5-11-21-37/h3-30H,2,31-32H2,1H3. The van der Waals surface area contributed by atoms with Crippen LogP contribution in [0.25, 0.3) is 33.4 Å². The minimum absolute atomic E-state index is 0.417. The Morgan fingerprint density at radius 2 is 1.17 bits per heavy atom. The summed E-state index contributed by atoms with van der Waals surface area (Å²) >= 11 is 0. The number of aromatic nitrogens is 5. The number of benzene rings is 6. The average molecular weight is 680 g/mol. The summed E-state index contributed by atoms with van der Waals surface area (Å²) in [4.78, 5) is 6.51. The first-order chi connectivity index (χ1) is 25.7. The maximum absolute atomic E-state index is 6.38. The van der Waals surface area contributed by atoms with Gasteiger partial charge in [-0.15, -0.1) is 15.0 Å². The van der Waals surface area contributed by atoms with Crippen molar-refractivity contribution in [2.24, 2.45) is 0 Å². The molecule has 0 saturated carbocycles. The summed E-state index contributed by atoms with van der Waals surface area (Å²) in [5, 5.41) is 15.6. The molecule has 0 unspecified atom stereocenters. The Kier molecular flexibility index (Phi) is 9.33. The van der Waals surface area contributed by atoms with Crippen molar-refractivity contribution in [2.45, 2.75) is 25.7 Å². The Bertz CT molecular complexity index is 2300. The van der Waals surface area contributed by atoms with Crippen molar-refractivity contribution in [1.29, 1.82) is 0 Å². The van der Waals surface area contributed by atoms with Gasteiger partial charge < -0.3 is 9.47 Å². The summed E-state index contributed by atoms with van der Waals surface area (Å²) in [5.41, 5.74) is 8.00. The minimum Gasteiger partial charge on any atom is -0.488 e. The van der Waals surface area contributed by atoms with Crippen LogP contribution >= 0.6 is 0 Å². The normalized spacial score (nSPS) is 11.5. The van der Waals surface area contributed by atoms with E-state index in [1.54, 1.807) is 4.80 Å². The fourth-order valence-corrected chi connectivity index (χ4v) is 6.82. The van der Waals surface area contributed by atoms with Crippen molar-refractivity contribution >= 4 is 10.9 Å². The molecule has 2 aromatic heterocycles. The summed E-state index contributed by atoms with van der Waals surface area (Å²) in [6, 6.07) is 57.8. The molecule has 8 aromatic rings. The maximum Gasteiger partial charge on any atom is 0.205 e. The zero-order valence-corrected chi connectivity index (χ0v) is 28.8. The lowest BCUT2D eigenvalue weighted by molar-refractivity contribution is 0.131. The largest absolute Gasteiger partial charge is 0.488 e. The van der Waals surface area contributed by atoms with Crippen molar-refractivity contribution < 1.29 is 9.47 Å². The number of para-hydroxylation sites is 1. The van der Waals surface area contributed by atoms with Gasteiger partial charge >= 0.3 is 0 Å². The van der Waals surface area contributed by atoms with Crippen LogP contribution in [0.4, 0.5) is 0 Å². The van der Waals surface area contributed by atoms with E-state index in [0.29, 0.717) is 25.6 Å². The molecule has 0 aliphatic carbocycles. The van der Waals surface area contributed by atoms with Gasteiger partial charge in [0.25, 0.3) is 0 Å².